The maximum absolute atomic E-state index is 14.5. The number of ether oxygens (including phenoxy) is 1. The zero-order valence-electron chi connectivity index (χ0n) is 17.5. The molecule has 4 rings (SSSR count). The molecule has 0 radical (unpaired) electrons. The molecule has 3 aromatic heterocycles. The fraction of sp³-hybridized carbons (Fsp3) is 0.0909. The Morgan fingerprint density at radius 1 is 1.03 bits per heavy atom. The number of nitrogens with zero attached hydrogens (tertiary/aromatic N) is 4. The number of rotatable bonds is 5. The SMILES string of the molecule is Cn1cc(-c2cc(Oc3ccc(NC(=O)Nc4cncc(C(F)(F)F)c4)c(F)c3)ccn2)cn1. The number of aromatic nitrogens is 4. The predicted octanol–water partition coefficient (Wildman–Crippen LogP) is 5.47. The van der Waals surface area contributed by atoms with Crippen LogP contribution in [-0.2, 0) is 13.2 Å². The third-order valence-electron chi connectivity index (χ3n) is 4.48. The molecule has 12 heteroatoms. The lowest BCUT2D eigenvalue weighted by molar-refractivity contribution is -0.137. The summed E-state index contributed by atoms with van der Waals surface area (Å²) >= 11 is 0. The summed E-state index contributed by atoms with van der Waals surface area (Å²) < 4.78 is 60.1. The maximum Gasteiger partial charge on any atom is 0.417 e. The third kappa shape index (κ3) is 5.46. The standard InChI is InChI=1S/C22H16F4N6O2/c1-32-12-13(9-29-32)20-8-17(4-5-28-20)34-16-2-3-19(18(23)7-16)31-21(33)30-15-6-14(10-27-11-15)22(24,25)26/h2-12H,1H3,(H2,30,31,33). The molecule has 4 aromatic rings. The molecule has 0 aliphatic heterocycles. The number of pyridine rings is 2. The highest BCUT2D eigenvalue weighted by atomic mass is 19.4. The first-order chi connectivity index (χ1) is 16.2. The van der Waals surface area contributed by atoms with Crippen LogP contribution in [0.3, 0.4) is 0 Å². The Bertz CT molecular complexity index is 1340. The van der Waals surface area contributed by atoms with Crippen LogP contribution in [0.5, 0.6) is 11.5 Å². The summed E-state index contributed by atoms with van der Waals surface area (Å²) in [5.74, 6) is -0.242. The van der Waals surface area contributed by atoms with Crippen LogP contribution in [0.2, 0.25) is 0 Å². The quantitative estimate of drug-likeness (QED) is 0.376. The summed E-state index contributed by atoms with van der Waals surface area (Å²) in [6.45, 7) is 0. The first-order valence-corrected chi connectivity index (χ1v) is 9.70. The van der Waals surface area contributed by atoms with Gasteiger partial charge in [-0.1, -0.05) is 0 Å². The zero-order chi connectivity index (χ0) is 24.3. The van der Waals surface area contributed by atoms with Gasteiger partial charge in [-0.15, -0.1) is 0 Å². The highest BCUT2D eigenvalue weighted by Gasteiger charge is 2.31. The number of hydrogen-bond donors (Lipinski definition) is 2. The minimum absolute atomic E-state index is 0.161. The number of hydrogen-bond acceptors (Lipinski definition) is 5. The van der Waals surface area contributed by atoms with Crippen molar-refractivity contribution in [3.05, 3.63) is 78.8 Å². The molecule has 174 valence electrons. The maximum atomic E-state index is 14.5. The van der Waals surface area contributed by atoms with Crippen molar-refractivity contribution in [2.75, 3.05) is 10.6 Å². The molecule has 8 nitrogen and oxygen atoms in total. The number of carbonyl (C=O) groups is 1. The number of benzene rings is 1. The predicted molar refractivity (Wildman–Crippen MR) is 115 cm³/mol. The molecule has 0 bridgehead atoms. The van der Waals surface area contributed by atoms with E-state index in [2.05, 4.69) is 25.7 Å². The number of aryl methyl sites for hydroxylation is 1. The largest absolute Gasteiger partial charge is 0.457 e. The molecule has 2 N–H and O–H groups in total. The second kappa shape index (κ2) is 9.17. The Morgan fingerprint density at radius 3 is 2.53 bits per heavy atom. The van der Waals surface area contributed by atoms with E-state index in [1.165, 1.54) is 18.3 Å². The minimum atomic E-state index is -4.61. The van der Waals surface area contributed by atoms with Crippen LogP contribution >= 0.6 is 0 Å². The van der Waals surface area contributed by atoms with E-state index >= 15 is 0 Å². The number of nitrogens with one attached hydrogen (secondary N) is 2. The van der Waals surface area contributed by atoms with Gasteiger partial charge >= 0.3 is 12.2 Å². The molecule has 0 aliphatic rings. The molecule has 1 aromatic carbocycles. The topological polar surface area (TPSA) is 94.0 Å². The Balaban J connectivity index is 1.42. The normalized spacial score (nSPS) is 11.2. The van der Waals surface area contributed by atoms with Crippen molar-refractivity contribution < 1.29 is 27.1 Å². The Kier molecular flexibility index (Phi) is 6.13. The smallest absolute Gasteiger partial charge is 0.417 e. The molecule has 0 aliphatic carbocycles. The van der Waals surface area contributed by atoms with Crippen molar-refractivity contribution >= 4 is 17.4 Å². The van der Waals surface area contributed by atoms with Gasteiger partial charge in [-0.25, -0.2) is 9.18 Å². The van der Waals surface area contributed by atoms with Crippen molar-refractivity contribution in [3.63, 3.8) is 0 Å². The molecule has 3 heterocycles. The van der Waals surface area contributed by atoms with Crippen molar-refractivity contribution in [1.82, 2.24) is 19.7 Å². The van der Waals surface area contributed by atoms with Gasteiger partial charge in [-0.05, 0) is 24.3 Å². The van der Waals surface area contributed by atoms with Crippen LogP contribution in [0.1, 0.15) is 5.56 Å². The molecule has 0 saturated carbocycles. The molecular formula is C22H16F4N6O2. The van der Waals surface area contributed by atoms with E-state index in [4.69, 9.17) is 4.74 Å². The van der Waals surface area contributed by atoms with Gasteiger partial charge in [0.05, 0.1) is 35.0 Å². The number of urea groups is 1. The van der Waals surface area contributed by atoms with E-state index < -0.39 is 23.6 Å². The van der Waals surface area contributed by atoms with E-state index in [0.717, 1.165) is 17.8 Å². The molecule has 0 atom stereocenters. The summed E-state index contributed by atoms with van der Waals surface area (Å²) in [5.41, 5.74) is -0.0306. The second-order valence-electron chi connectivity index (χ2n) is 7.06. The fourth-order valence-electron chi connectivity index (χ4n) is 2.93. The summed E-state index contributed by atoms with van der Waals surface area (Å²) in [5, 5.41) is 8.50. The van der Waals surface area contributed by atoms with E-state index in [1.54, 1.807) is 36.3 Å². The van der Waals surface area contributed by atoms with Gasteiger partial charge in [0.25, 0.3) is 0 Å². The lowest BCUT2D eigenvalue weighted by atomic mass is 10.2. The van der Waals surface area contributed by atoms with Crippen molar-refractivity contribution in [3.8, 4) is 22.8 Å². The van der Waals surface area contributed by atoms with Crippen molar-refractivity contribution in [2.45, 2.75) is 6.18 Å². The molecule has 34 heavy (non-hydrogen) atoms. The number of alkyl halides is 3. The van der Waals surface area contributed by atoms with Crippen molar-refractivity contribution in [2.24, 2.45) is 7.05 Å². The Hall–Kier alpha value is -4.48. The van der Waals surface area contributed by atoms with Gasteiger partial charge < -0.3 is 15.4 Å². The number of amides is 2. The number of anilines is 2. The first kappa shape index (κ1) is 22.7. The summed E-state index contributed by atoms with van der Waals surface area (Å²) in [6.07, 6.45) is 2.02. The zero-order valence-corrected chi connectivity index (χ0v) is 17.5. The molecular weight excluding hydrogens is 456 g/mol. The average molecular weight is 472 g/mol. The lowest BCUT2D eigenvalue weighted by Gasteiger charge is -2.12. The van der Waals surface area contributed by atoms with Gasteiger partial charge in [0.2, 0.25) is 0 Å². The third-order valence-corrected chi connectivity index (χ3v) is 4.48. The van der Waals surface area contributed by atoms with Gasteiger partial charge in [0, 0.05) is 43.3 Å². The van der Waals surface area contributed by atoms with Gasteiger partial charge in [-0.3, -0.25) is 14.6 Å². The van der Waals surface area contributed by atoms with Crippen LogP contribution in [0.25, 0.3) is 11.3 Å². The highest BCUT2D eigenvalue weighted by Crippen LogP contribution is 2.30. The van der Waals surface area contributed by atoms with Crippen LogP contribution < -0.4 is 15.4 Å². The molecule has 0 unspecified atom stereocenters. The molecule has 0 saturated heterocycles. The summed E-state index contributed by atoms with van der Waals surface area (Å²) in [4.78, 5) is 19.8. The van der Waals surface area contributed by atoms with E-state index in [-0.39, 0.29) is 17.1 Å². The molecule has 0 fully saturated rings. The Morgan fingerprint density at radius 2 is 1.82 bits per heavy atom. The van der Waals surface area contributed by atoms with E-state index in [9.17, 15) is 22.4 Å². The monoisotopic (exact) mass is 472 g/mol. The number of halogens is 4. The van der Waals surface area contributed by atoms with Crippen molar-refractivity contribution in [1.29, 1.82) is 0 Å². The van der Waals surface area contributed by atoms with E-state index in [1.807, 2.05) is 0 Å². The van der Waals surface area contributed by atoms with Crippen LogP contribution in [0.15, 0.2) is 67.4 Å². The van der Waals surface area contributed by atoms with E-state index in [0.29, 0.717) is 23.7 Å². The van der Waals surface area contributed by atoms with Gasteiger partial charge in [0.1, 0.15) is 17.3 Å². The number of carbonyl (C=O) groups excluding carboxylic acids is 1. The van der Waals surface area contributed by atoms with Crippen LogP contribution in [0, 0.1) is 5.82 Å². The van der Waals surface area contributed by atoms with Gasteiger partial charge in [0.15, 0.2) is 0 Å². The van der Waals surface area contributed by atoms with Crippen LogP contribution in [-0.4, -0.2) is 25.8 Å². The van der Waals surface area contributed by atoms with Gasteiger partial charge in [-0.2, -0.15) is 18.3 Å². The lowest BCUT2D eigenvalue weighted by Crippen LogP contribution is -2.20. The highest BCUT2D eigenvalue weighted by molar-refractivity contribution is 5.99. The molecule has 2 amide bonds. The summed E-state index contributed by atoms with van der Waals surface area (Å²) in [6, 6.07) is 6.79. The average Bonchev–Trinajstić information content (AvgIpc) is 3.22. The fourth-order valence-corrected chi connectivity index (χ4v) is 2.93. The molecule has 0 spiro atoms. The minimum Gasteiger partial charge on any atom is -0.457 e. The second-order valence-corrected chi connectivity index (χ2v) is 7.06. The summed E-state index contributed by atoms with van der Waals surface area (Å²) in [7, 11) is 1.78. The van der Waals surface area contributed by atoms with Crippen LogP contribution in [0.4, 0.5) is 33.7 Å². The first-order valence-electron chi connectivity index (χ1n) is 9.70. The Labute approximate surface area is 190 Å².